The standard InChI is InChI=1S/C11H11BrO4/c1-2-14-11(13)7-3-4-8(12)10-9(7)15-5-6-16-10/h3-4H,2,5-6H2,1H3. The van der Waals surface area contributed by atoms with Crippen molar-refractivity contribution in [3.05, 3.63) is 22.2 Å². The lowest BCUT2D eigenvalue weighted by Crippen LogP contribution is -2.18. The first kappa shape index (κ1) is 11.3. The monoisotopic (exact) mass is 286 g/mol. The summed E-state index contributed by atoms with van der Waals surface area (Å²) >= 11 is 3.35. The zero-order valence-corrected chi connectivity index (χ0v) is 10.4. The topological polar surface area (TPSA) is 44.8 Å². The lowest BCUT2D eigenvalue weighted by Gasteiger charge is -2.21. The third-order valence-electron chi connectivity index (χ3n) is 2.14. The minimum Gasteiger partial charge on any atom is -0.485 e. The van der Waals surface area contributed by atoms with E-state index >= 15 is 0 Å². The van der Waals surface area contributed by atoms with Crippen molar-refractivity contribution in [3.8, 4) is 11.5 Å². The molecule has 4 nitrogen and oxygen atoms in total. The van der Waals surface area contributed by atoms with Crippen LogP contribution in [0.1, 0.15) is 17.3 Å². The number of fused-ring (bicyclic) bond motifs is 1. The average molecular weight is 287 g/mol. The largest absolute Gasteiger partial charge is 0.485 e. The Morgan fingerprint density at radius 1 is 1.38 bits per heavy atom. The Morgan fingerprint density at radius 3 is 2.75 bits per heavy atom. The van der Waals surface area contributed by atoms with Gasteiger partial charge in [0.15, 0.2) is 11.5 Å². The van der Waals surface area contributed by atoms with E-state index in [0.29, 0.717) is 36.9 Å². The van der Waals surface area contributed by atoms with E-state index < -0.39 is 5.97 Å². The van der Waals surface area contributed by atoms with E-state index in [-0.39, 0.29) is 0 Å². The van der Waals surface area contributed by atoms with Crippen LogP contribution in [0.2, 0.25) is 0 Å². The molecule has 0 aliphatic carbocycles. The second-order valence-corrected chi connectivity index (χ2v) is 4.02. The highest BCUT2D eigenvalue weighted by molar-refractivity contribution is 9.10. The zero-order valence-electron chi connectivity index (χ0n) is 8.79. The maximum atomic E-state index is 11.7. The van der Waals surface area contributed by atoms with Gasteiger partial charge in [-0.1, -0.05) is 0 Å². The highest BCUT2D eigenvalue weighted by atomic mass is 79.9. The lowest BCUT2D eigenvalue weighted by atomic mass is 10.2. The molecule has 0 N–H and O–H groups in total. The van der Waals surface area contributed by atoms with Gasteiger partial charge in [0.1, 0.15) is 18.8 Å². The van der Waals surface area contributed by atoms with Crippen molar-refractivity contribution in [2.75, 3.05) is 19.8 Å². The van der Waals surface area contributed by atoms with Gasteiger partial charge in [-0.3, -0.25) is 0 Å². The van der Waals surface area contributed by atoms with Crippen molar-refractivity contribution in [1.82, 2.24) is 0 Å². The van der Waals surface area contributed by atoms with E-state index in [9.17, 15) is 4.79 Å². The molecule has 0 unspecified atom stereocenters. The minimum atomic E-state index is -0.392. The summed E-state index contributed by atoms with van der Waals surface area (Å²) in [6.07, 6.45) is 0. The van der Waals surface area contributed by atoms with Crippen LogP contribution in [0.4, 0.5) is 0 Å². The highest BCUT2D eigenvalue weighted by Gasteiger charge is 2.23. The van der Waals surface area contributed by atoms with Crippen molar-refractivity contribution in [1.29, 1.82) is 0 Å². The summed E-state index contributed by atoms with van der Waals surface area (Å²) in [5.74, 6) is 0.632. The lowest BCUT2D eigenvalue weighted by molar-refractivity contribution is 0.0516. The molecular weight excluding hydrogens is 276 g/mol. The number of hydrogen-bond acceptors (Lipinski definition) is 4. The Morgan fingerprint density at radius 2 is 2.06 bits per heavy atom. The summed E-state index contributed by atoms with van der Waals surface area (Å²) in [5.41, 5.74) is 0.403. The van der Waals surface area contributed by atoms with Crippen LogP contribution in [-0.4, -0.2) is 25.8 Å². The summed E-state index contributed by atoms with van der Waals surface area (Å²) in [6, 6.07) is 3.41. The number of halogens is 1. The van der Waals surface area contributed by atoms with E-state index in [1.807, 2.05) is 0 Å². The first-order valence-electron chi connectivity index (χ1n) is 4.99. The number of esters is 1. The fourth-order valence-corrected chi connectivity index (χ4v) is 1.90. The molecule has 16 heavy (non-hydrogen) atoms. The van der Waals surface area contributed by atoms with Gasteiger partial charge in [0.25, 0.3) is 0 Å². The van der Waals surface area contributed by atoms with Crippen LogP contribution in [0.3, 0.4) is 0 Å². The first-order chi connectivity index (χ1) is 7.74. The molecule has 1 heterocycles. The van der Waals surface area contributed by atoms with Crippen LogP contribution in [0.15, 0.2) is 16.6 Å². The minimum absolute atomic E-state index is 0.338. The second-order valence-electron chi connectivity index (χ2n) is 3.17. The quantitative estimate of drug-likeness (QED) is 0.783. The van der Waals surface area contributed by atoms with Crippen LogP contribution < -0.4 is 9.47 Å². The van der Waals surface area contributed by atoms with Gasteiger partial charge in [0.05, 0.1) is 11.1 Å². The predicted octanol–water partition coefficient (Wildman–Crippen LogP) is 2.40. The van der Waals surface area contributed by atoms with Gasteiger partial charge >= 0.3 is 5.97 Å². The molecule has 0 aromatic heterocycles. The Bertz CT molecular complexity index is 417. The van der Waals surface area contributed by atoms with Crippen molar-refractivity contribution >= 4 is 21.9 Å². The van der Waals surface area contributed by atoms with Gasteiger partial charge in [-0.05, 0) is 35.0 Å². The molecule has 1 aliphatic heterocycles. The summed E-state index contributed by atoms with van der Waals surface area (Å²) in [4.78, 5) is 11.7. The molecule has 5 heteroatoms. The van der Waals surface area contributed by atoms with Crippen molar-refractivity contribution in [2.24, 2.45) is 0 Å². The third-order valence-corrected chi connectivity index (χ3v) is 2.76. The summed E-state index contributed by atoms with van der Waals surface area (Å²) < 4.78 is 16.6. The van der Waals surface area contributed by atoms with Crippen molar-refractivity contribution < 1.29 is 19.0 Å². The average Bonchev–Trinajstić information content (AvgIpc) is 2.30. The molecule has 0 atom stereocenters. The molecule has 0 saturated heterocycles. The molecule has 0 amide bonds. The Kier molecular flexibility index (Phi) is 3.33. The van der Waals surface area contributed by atoms with E-state index in [2.05, 4.69) is 15.9 Å². The molecular formula is C11H11BrO4. The highest BCUT2D eigenvalue weighted by Crippen LogP contribution is 2.40. The number of carbonyl (C=O) groups excluding carboxylic acids is 1. The molecule has 0 bridgehead atoms. The summed E-state index contributed by atoms with van der Waals surface area (Å²) in [6.45, 7) is 3.03. The number of hydrogen-bond donors (Lipinski definition) is 0. The van der Waals surface area contributed by atoms with Crippen molar-refractivity contribution in [2.45, 2.75) is 6.92 Å². The van der Waals surface area contributed by atoms with Crippen LogP contribution in [0, 0.1) is 0 Å². The smallest absolute Gasteiger partial charge is 0.342 e. The molecule has 0 spiro atoms. The van der Waals surface area contributed by atoms with E-state index in [1.165, 1.54) is 0 Å². The van der Waals surface area contributed by atoms with Crippen LogP contribution in [-0.2, 0) is 4.74 Å². The van der Waals surface area contributed by atoms with Gasteiger partial charge in [0.2, 0.25) is 0 Å². The Labute approximate surface area is 102 Å². The van der Waals surface area contributed by atoms with Gasteiger partial charge in [-0.25, -0.2) is 4.79 Å². The van der Waals surface area contributed by atoms with E-state index in [0.717, 1.165) is 4.47 Å². The summed E-state index contributed by atoms with van der Waals surface area (Å²) in [7, 11) is 0. The van der Waals surface area contributed by atoms with Crippen LogP contribution in [0.25, 0.3) is 0 Å². The van der Waals surface area contributed by atoms with Gasteiger partial charge in [-0.15, -0.1) is 0 Å². The number of rotatable bonds is 2. The number of carbonyl (C=O) groups is 1. The van der Waals surface area contributed by atoms with E-state index in [1.54, 1.807) is 19.1 Å². The molecule has 1 aliphatic rings. The zero-order chi connectivity index (χ0) is 11.5. The van der Waals surface area contributed by atoms with Gasteiger partial charge in [-0.2, -0.15) is 0 Å². The Balaban J connectivity index is 2.42. The normalized spacial score (nSPS) is 13.4. The van der Waals surface area contributed by atoms with Gasteiger partial charge in [0, 0.05) is 0 Å². The number of benzene rings is 1. The third kappa shape index (κ3) is 2.00. The first-order valence-corrected chi connectivity index (χ1v) is 5.78. The molecule has 2 rings (SSSR count). The molecule has 0 saturated carbocycles. The van der Waals surface area contributed by atoms with Crippen LogP contribution in [0.5, 0.6) is 11.5 Å². The van der Waals surface area contributed by atoms with Crippen LogP contribution >= 0.6 is 15.9 Å². The van der Waals surface area contributed by atoms with Crippen molar-refractivity contribution in [3.63, 3.8) is 0 Å². The summed E-state index contributed by atoms with van der Waals surface area (Å²) in [5, 5.41) is 0. The number of ether oxygens (including phenoxy) is 3. The maximum absolute atomic E-state index is 11.7. The molecule has 0 fully saturated rings. The molecule has 0 radical (unpaired) electrons. The second kappa shape index (κ2) is 4.74. The fourth-order valence-electron chi connectivity index (χ4n) is 1.47. The van der Waals surface area contributed by atoms with Gasteiger partial charge < -0.3 is 14.2 Å². The molecule has 86 valence electrons. The molecule has 1 aromatic rings. The predicted molar refractivity (Wildman–Crippen MR) is 61.1 cm³/mol. The fraction of sp³-hybridized carbons (Fsp3) is 0.364. The SMILES string of the molecule is CCOC(=O)c1ccc(Br)c2c1OCCO2. The Hall–Kier alpha value is -1.23. The maximum Gasteiger partial charge on any atom is 0.342 e. The molecule has 1 aromatic carbocycles. The van der Waals surface area contributed by atoms with E-state index in [4.69, 9.17) is 14.2 Å².